The summed E-state index contributed by atoms with van der Waals surface area (Å²) in [6.45, 7) is 5.51. The van der Waals surface area contributed by atoms with E-state index in [9.17, 15) is 18.4 Å². The Kier molecular flexibility index (Phi) is 3.86. The second-order valence-corrected chi connectivity index (χ2v) is 8.12. The van der Waals surface area contributed by atoms with Crippen LogP contribution in [0.25, 0.3) is 0 Å². The highest BCUT2D eigenvalue weighted by Gasteiger charge is 2.53. The summed E-state index contributed by atoms with van der Waals surface area (Å²) < 4.78 is 41.6. The van der Waals surface area contributed by atoms with Gasteiger partial charge in [0.2, 0.25) is 5.95 Å². The van der Waals surface area contributed by atoms with Crippen LogP contribution in [0, 0.1) is 23.7 Å². The molecule has 0 radical (unpaired) electrons. The van der Waals surface area contributed by atoms with Crippen molar-refractivity contribution >= 4 is 17.5 Å². The van der Waals surface area contributed by atoms with E-state index in [0.29, 0.717) is 17.8 Å². The molecule has 0 saturated heterocycles. The van der Waals surface area contributed by atoms with Gasteiger partial charge in [0.15, 0.2) is 0 Å². The zero-order chi connectivity index (χ0) is 20.3. The molecule has 0 unspecified atom stereocenters. The van der Waals surface area contributed by atoms with Gasteiger partial charge < -0.3 is 10.6 Å². The fourth-order valence-corrected chi connectivity index (χ4v) is 3.08. The number of halogens is 3. The summed E-state index contributed by atoms with van der Waals surface area (Å²) in [4.78, 5) is 7.91. The number of hydrogen-bond donors (Lipinski definition) is 2. The standard InChI is InChI=1S/C18H20F3N7/c1-10-12(8-28(27-10)13-6-16(13,2)9-22)24-15-23-7-11(18(19,20)21)14(25-15)26-17(3)4-5-17/h7-8,13H,4-6H2,1-3H3,(H2,23,24,25,26)/t13-,16-/m1/s1. The molecule has 0 aliphatic heterocycles. The van der Waals surface area contributed by atoms with Gasteiger partial charge in [0.1, 0.15) is 11.4 Å². The van der Waals surface area contributed by atoms with E-state index in [2.05, 4.69) is 31.8 Å². The molecular formula is C18H20F3N7. The van der Waals surface area contributed by atoms with E-state index in [1.54, 1.807) is 17.8 Å². The van der Waals surface area contributed by atoms with Crippen molar-refractivity contribution in [2.24, 2.45) is 5.41 Å². The number of nitrogens with one attached hydrogen (secondary N) is 2. The minimum atomic E-state index is -4.54. The zero-order valence-corrected chi connectivity index (χ0v) is 15.7. The minimum absolute atomic E-state index is 0.00711. The first-order chi connectivity index (χ1) is 13.0. The van der Waals surface area contributed by atoms with Gasteiger partial charge in [-0.1, -0.05) is 0 Å². The lowest BCUT2D eigenvalue weighted by Crippen LogP contribution is -2.21. The normalized spacial score (nSPS) is 25.1. The number of rotatable bonds is 5. The van der Waals surface area contributed by atoms with Crippen molar-refractivity contribution in [1.82, 2.24) is 19.7 Å². The van der Waals surface area contributed by atoms with Crippen molar-refractivity contribution in [1.29, 1.82) is 5.26 Å². The second kappa shape index (κ2) is 5.83. The van der Waals surface area contributed by atoms with Crippen LogP contribution < -0.4 is 10.6 Å². The first-order valence-corrected chi connectivity index (χ1v) is 8.99. The number of aromatic nitrogens is 4. The van der Waals surface area contributed by atoms with Crippen molar-refractivity contribution in [3.8, 4) is 6.07 Å². The second-order valence-electron chi connectivity index (χ2n) is 8.12. The molecule has 2 fully saturated rings. The maximum atomic E-state index is 13.3. The van der Waals surface area contributed by atoms with Crippen LogP contribution in [0.15, 0.2) is 12.4 Å². The monoisotopic (exact) mass is 391 g/mol. The maximum Gasteiger partial charge on any atom is 0.421 e. The Morgan fingerprint density at radius 3 is 2.61 bits per heavy atom. The highest BCUT2D eigenvalue weighted by Crippen LogP contribution is 2.55. The Hall–Kier alpha value is -2.83. The average Bonchev–Trinajstić information content (AvgIpc) is 3.47. The van der Waals surface area contributed by atoms with E-state index < -0.39 is 17.2 Å². The van der Waals surface area contributed by atoms with Crippen LogP contribution in [0.2, 0.25) is 0 Å². The predicted molar refractivity (Wildman–Crippen MR) is 95.9 cm³/mol. The number of alkyl halides is 3. The van der Waals surface area contributed by atoms with Crippen molar-refractivity contribution < 1.29 is 13.2 Å². The Morgan fingerprint density at radius 1 is 1.32 bits per heavy atom. The highest BCUT2D eigenvalue weighted by atomic mass is 19.4. The lowest BCUT2D eigenvalue weighted by molar-refractivity contribution is -0.137. The van der Waals surface area contributed by atoms with Gasteiger partial charge in [-0.25, -0.2) is 4.98 Å². The number of anilines is 3. The van der Waals surface area contributed by atoms with Gasteiger partial charge in [-0.05, 0) is 40.0 Å². The molecule has 2 saturated carbocycles. The summed E-state index contributed by atoms with van der Waals surface area (Å²) in [5, 5.41) is 19.5. The van der Waals surface area contributed by atoms with E-state index in [1.807, 2.05) is 13.8 Å². The first-order valence-electron chi connectivity index (χ1n) is 8.99. The van der Waals surface area contributed by atoms with Crippen molar-refractivity contribution in [3.05, 3.63) is 23.7 Å². The molecule has 2 aliphatic rings. The summed E-state index contributed by atoms with van der Waals surface area (Å²) in [6.07, 6.45) is 0.286. The van der Waals surface area contributed by atoms with Crippen LogP contribution in [0.5, 0.6) is 0 Å². The Bertz CT molecular complexity index is 971. The van der Waals surface area contributed by atoms with Crippen LogP contribution >= 0.6 is 0 Å². The van der Waals surface area contributed by atoms with Crippen LogP contribution in [0.4, 0.5) is 30.6 Å². The largest absolute Gasteiger partial charge is 0.421 e. The summed E-state index contributed by atoms with van der Waals surface area (Å²) in [5.74, 6) is -0.171. The van der Waals surface area contributed by atoms with Crippen molar-refractivity contribution in [2.75, 3.05) is 10.6 Å². The first kappa shape index (κ1) is 18.5. The summed E-state index contributed by atoms with van der Waals surface area (Å²) >= 11 is 0. The fraction of sp³-hybridized carbons (Fsp3) is 0.556. The molecule has 4 rings (SSSR count). The zero-order valence-electron chi connectivity index (χ0n) is 15.7. The third-order valence-electron chi connectivity index (χ3n) is 5.44. The Labute approximate surface area is 160 Å². The van der Waals surface area contributed by atoms with Crippen molar-refractivity contribution in [2.45, 2.75) is 57.8 Å². The molecule has 10 heteroatoms. The molecule has 0 amide bonds. The van der Waals surface area contributed by atoms with Crippen LogP contribution in [0.3, 0.4) is 0 Å². The van der Waals surface area contributed by atoms with E-state index in [4.69, 9.17) is 0 Å². The molecule has 0 spiro atoms. The minimum Gasteiger partial charge on any atom is -0.364 e. The molecule has 2 atom stereocenters. The number of hydrogen-bond acceptors (Lipinski definition) is 6. The van der Waals surface area contributed by atoms with Gasteiger partial charge in [0.25, 0.3) is 0 Å². The molecule has 2 aromatic heterocycles. The molecule has 148 valence electrons. The SMILES string of the molecule is Cc1nn([C@@H]2C[C@]2(C)C#N)cc1Nc1ncc(C(F)(F)F)c(NC2(C)CC2)n1. The van der Waals surface area contributed by atoms with Crippen LogP contribution in [0.1, 0.15) is 50.4 Å². The molecule has 28 heavy (non-hydrogen) atoms. The highest BCUT2D eigenvalue weighted by molar-refractivity contribution is 5.59. The lowest BCUT2D eigenvalue weighted by atomic mass is 10.2. The molecule has 7 nitrogen and oxygen atoms in total. The smallest absolute Gasteiger partial charge is 0.364 e. The van der Waals surface area contributed by atoms with Gasteiger partial charge in [0.05, 0.1) is 28.9 Å². The van der Waals surface area contributed by atoms with Gasteiger partial charge in [-0.2, -0.15) is 28.5 Å². The number of nitrogens with zero attached hydrogens (tertiary/aromatic N) is 5. The summed E-state index contributed by atoms with van der Waals surface area (Å²) in [6, 6.07) is 2.27. The number of nitriles is 1. The summed E-state index contributed by atoms with van der Waals surface area (Å²) in [5.41, 5.74) is -0.436. The van der Waals surface area contributed by atoms with Crippen molar-refractivity contribution in [3.63, 3.8) is 0 Å². The van der Waals surface area contributed by atoms with Gasteiger partial charge in [-0.3, -0.25) is 4.68 Å². The molecule has 2 aromatic rings. The number of aryl methyl sites for hydroxylation is 1. The Balaban J connectivity index is 1.59. The Morgan fingerprint density at radius 2 is 2.04 bits per heavy atom. The molecule has 0 aromatic carbocycles. The van der Waals surface area contributed by atoms with E-state index in [-0.39, 0.29) is 23.3 Å². The third kappa shape index (κ3) is 3.37. The van der Waals surface area contributed by atoms with Crippen LogP contribution in [-0.2, 0) is 6.18 Å². The molecule has 2 N–H and O–H groups in total. The van der Waals surface area contributed by atoms with Gasteiger partial charge >= 0.3 is 6.18 Å². The molecule has 2 aliphatic carbocycles. The maximum absolute atomic E-state index is 13.3. The predicted octanol–water partition coefficient (Wildman–Crippen LogP) is 4.18. The van der Waals surface area contributed by atoms with Gasteiger partial charge in [0, 0.05) is 17.9 Å². The van der Waals surface area contributed by atoms with E-state index >= 15 is 0 Å². The van der Waals surface area contributed by atoms with E-state index in [0.717, 1.165) is 19.0 Å². The molecule has 2 heterocycles. The average molecular weight is 391 g/mol. The van der Waals surface area contributed by atoms with Crippen LogP contribution in [-0.4, -0.2) is 25.3 Å². The topological polar surface area (TPSA) is 91.5 Å². The summed E-state index contributed by atoms with van der Waals surface area (Å²) in [7, 11) is 0. The van der Waals surface area contributed by atoms with E-state index in [1.165, 1.54) is 0 Å². The third-order valence-corrected chi connectivity index (χ3v) is 5.44. The molecule has 0 bridgehead atoms. The fourth-order valence-electron chi connectivity index (χ4n) is 3.08. The lowest BCUT2D eigenvalue weighted by Gasteiger charge is -2.18. The quantitative estimate of drug-likeness (QED) is 0.794. The van der Waals surface area contributed by atoms with Gasteiger partial charge in [-0.15, -0.1) is 0 Å². The molecular weight excluding hydrogens is 371 g/mol.